The van der Waals surface area contributed by atoms with Crippen molar-refractivity contribution >= 4 is 10.2 Å². The lowest BCUT2D eigenvalue weighted by Gasteiger charge is -2.40. The van der Waals surface area contributed by atoms with E-state index < -0.39 is 10.2 Å². The topological polar surface area (TPSA) is 64.4 Å². The van der Waals surface area contributed by atoms with Crippen molar-refractivity contribution in [2.24, 2.45) is 0 Å². The molecule has 0 bridgehead atoms. The van der Waals surface area contributed by atoms with Crippen LogP contribution >= 0.6 is 0 Å². The van der Waals surface area contributed by atoms with Gasteiger partial charge in [0.1, 0.15) is 11.6 Å². The van der Waals surface area contributed by atoms with Crippen molar-refractivity contribution < 1.29 is 13.2 Å². The molecule has 1 atom stereocenters. The molecule has 2 aromatic rings. The minimum absolute atomic E-state index is 0.242. The number of nitrogens with zero attached hydrogens (tertiary/aromatic N) is 3. The van der Waals surface area contributed by atoms with Gasteiger partial charge in [0, 0.05) is 30.9 Å². The van der Waals surface area contributed by atoms with Gasteiger partial charge in [-0.15, -0.1) is 0 Å². The Kier molecular flexibility index (Phi) is 4.40. The van der Waals surface area contributed by atoms with Crippen LogP contribution in [0.3, 0.4) is 0 Å². The SMILES string of the molecule is COc1cccc([C@@]2(C)CCCN(S(=O)(=O)n3ccnc3C)C2)c1. The van der Waals surface area contributed by atoms with Gasteiger partial charge in [0.05, 0.1) is 7.11 Å². The first-order valence-electron chi connectivity index (χ1n) is 8.02. The summed E-state index contributed by atoms with van der Waals surface area (Å²) in [6.07, 6.45) is 4.77. The predicted molar refractivity (Wildman–Crippen MR) is 92.4 cm³/mol. The molecule has 2 heterocycles. The van der Waals surface area contributed by atoms with Gasteiger partial charge in [-0.3, -0.25) is 0 Å². The third-order valence-electron chi connectivity index (χ3n) is 4.79. The molecule has 1 aromatic heterocycles. The van der Waals surface area contributed by atoms with Crippen LogP contribution in [-0.2, 0) is 15.6 Å². The maximum atomic E-state index is 12.9. The maximum absolute atomic E-state index is 12.9. The Labute approximate surface area is 143 Å². The Bertz CT molecular complexity index is 831. The van der Waals surface area contributed by atoms with Crippen molar-refractivity contribution in [3.05, 3.63) is 48.0 Å². The number of aromatic nitrogens is 2. The minimum Gasteiger partial charge on any atom is -0.497 e. The van der Waals surface area contributed by atoms with Gasteiger partial charge in [-0.05, 0) is 37.5 Å². The van der Waals surface area contributed by atoms with Crippen molar-refractivity contribution in [2.45, 2.75) is 32.1 Å². The Hall–Kier alpha value is -1.86. The van der Waals surface area contributed by atoms with E-state index in [1.807, 2.05) is 24.3 Å². The molecule has 24 heavy (non-hydrogen) atoms. The zero-order valence-electron chi connectivity index (χ0n) is 14.3. The van der Waals surface area contributed by atoms with Crippen molar-refractivity contribution in [2.75, 3.05) is 20.2 Å². The van der Waals surface area contributed by atoms with E-state index in [0.717, 1.165) is 24.2 Å². The van der Waals surface area contributed by atoms with Crippen LogP contribution in [0.15, 0.2) is 36.7 Å². The molecule has 1 aliphatic rings. The van der Waals surface area contributed by atoms with Gasteiger partial charge in [-0.1, -0.05) is 19.1 Å². The first-order chi connectivity index (χ1) is 11.4. The molecule has 1 fully saturated rings. The molecule has 0 aliphatic carbocycles. The molecule has 7 heteroatoms. The second-order valence-electron chi connectivity index (χ2n) is 6.51. The quantitative estimate of drug-likeness (QED) is 0.850. The van der Waals surface area contributed by atoms with Gasteiger partial charge >= 0.3 is 10.2 Å². The summed E-state index contributed by atoms with van der Waals surface area (Å²) in [4.78, 5) is 4.04. The predicted octanol–water partition coefficient (Wildman–Crippen LogP) is 2.35. The highest BCUT2D eigenvalue weighted by Gasteiger charge is 2.38. The van der Waals surface area contributed by atoms with Crippen molar-refractivity contribution in [1.82, 2.24) is 13.3 Å². The molecule has 0 radical (unpaired) electrons. The van der Waals surface area contributed by atoms with Crippen LogP contribution in [0.1, 0.15) is 31.2 Å². The number of rotatable bonds is 4. The molecule has 1 saturated heterocycles. The zero-order valence-corrected chi connectivity index (χ0v) is 15.1. The van der Waals surface area contributed by atoms with Crippen LogP contribution in [0, 0.1) is 6.92 Å². The molecule has 3 rings (SSSR count). The number of piperidine rings is 1. The number of imidazole rings is 1. The molecule has 6 nitrogen and oxygen atoms in total. The molecule has 130 valence electrons. The average Bonchev–Trinajstić information content (AvgIpc) is 3.02. The fourth-order valence-electron chi connectivity index (χ4n) is 3.36. The van der Waals surface area contributed by atoms with Gasteiger partial charge in [-0.25, -0.2) is 8.96 Å². The number of methoxy groups -OCH3 is 1. The molecule has 1 aromatic carbocycles. The van der Waals surface area contributed by atoms with Crippen LogP contribution in [0.4, 0.5) is 0 Å². The molecule has 0 amide bonds. The summed E-state index contributed by atoms with van der Waals surface area (Å²) >= 11 is 0. The highest BCUT2D eigenvalue weighted by atomic mass is 32.2. The lowest BCUT2D eigenvalue weighted by atomic mass is 9.76. The summed E-state index contributed by atoms with van der Waals surface area (Å²) in [6.45, 7) is 4.78. The molecule has 0 unspecified atom stereocenters. The summed E-state index contributed by atoms with van der Waals surface area (Å²) in [5.41, 5.74) is 0.859. The van der Waals surface area contributed by atoms with Crippen molar-refractivity contribution in [3.63, 3.8) is 0 Å². The summed E-state index contributed by atoms with van der Waals surface area (Å²) in [5.74, 6) is 1.27. The van der Waals surface area contributed by atoms with E-state index in [1.54, 1.807) is 18.3 Å². The molecule has 0 N–H and O–H groups in total. The van der Waals surface area contributed by atoms with E-state index >= 15 is 0 Å². The van der Waals surface area contributed by atoms with E-state index in [1.165, 1.54) is 16.4 Å². The number of hydrogen-bond acceptors (Lipinski definition) is 4. The summed E-state index contributed by atoms with van der Waals surface area (Å²) < 4.78 is 34.0. The van der Waals surface area contributed by atoms with Crippen LogP contribution < -0.4 is 4.74 Å². The Morgan fingerprint density at radius 3 is 2.79 bits per heavy atom. The fraction of sp³-hybridized carbons (Fsp3) is 0.471. The third-order valence-corrected chi connectivity index (χ3v) is 6.63. The first kappa shape index (κ1) is 17.0. The van der Waals surface area contributed by atoms with Crippen LogP contribution in [0.5, 0.6) is 5.75 Å². The number of aryl methyl sites for hydroxylation is 1. The highest BCUT2D eigenvalue weighted by Crippen LogP contribution is 2.36. The Morgan fingerprint density at radius 1 is 1.33 bits per heavy atom. The minimum atomic E-state index is -3.59. The lowest BCUT2D eigenvalue weighted by Crippen LogP contribution is -2.48. The molecular formula is C17H23N3O3S. The van der Waals surface area contributed by atoms with Crippen molar-refractivity contribution in [3.8, 4) is 5.75 Å². The van der Waals surface area contributed by atoms with Gasteiger partial charge < -0.3 is 4.74 Å². The van der Waals surface area contributed by atoms with E-state index in [0.29, 0.717) is 18.9 Å². The van der Waals surface area contributed by atoms with Gasteiger partial charge in [0.15, 0.2) is 0 Å². The molecule has 1 aliphatic heterocycles. The third kappa shape index (κ3) is 2.93. The van der Waals surface area contributed by atoms with E-state index in [2.05, 4.69) is 11.9 Å². The largest absolute Gasteiger partial charge is 0.497 e. The monoisotopic (exact) mass is 349 g/mol. The number of benzene rings is 1. The zero-order chi connectivity index (χ0) is 17.4. The smallest absolute Gasteiger partial charge is 0.308 e. The Balaban J connectivity index is 1.92. The standard InChI is InChI=1S/C17H23N3O3S/c1-14-18-9-11-20(14)24(21,22)19-10-5-8-17(2,13-19)15-6-4-7-16(12-15)23-3/h4,6-7,9,11-12H,5,8,10,13H2,1-3H3/t17-/m0/s1. The average molecular weight is 349 g/mol. The lowest BCUT2D eigenvalue weighted by molar-refractivity contribution is 0.238. The van der Waals surface area contributed by atoms with Gasteiger partial charge in [0.2, 0.25) is 0 Å². The summed E-state index contributed by atoms with van der Waals surface area (Å²) in [5, 5.41) is 0. The fourth-order valence-corrected chi connectivity index (χ4v) is 5.00. The highest BCUT2D eigenvalue weighted by molar-refractivity contribution is 7.87. The van der Waals surface area contributed by atoms with Crippen LogP contribution in [0.2, 0.25) is 0 Å². The summed E-state index contributed by atoms with van der Waals surface area (Å²) in [6, 6.07) is 7.89. The molecule has 0 spiro atoms. The second-order valence-corrected chi connectivity index (χ2v) is 8.31. The van der Waals surface area contributed by atoms with E-state index in [4.69, 9.17) is 4.74 Å². The van der Waals surface area contributed by atoms with Gasteiger partial charge in [-0.2, -0.15) is 12.7 Å². The molecule has 0 saturated carbocycles. The number of ether oxygens (including phenoxy) is 1. The van der Waals surface area contributed by atoms with Crippen molar-refractivity contribution in [1.29, 1.82) is 0 Å². The summed E-state index contributed by atoms with van der Waals surface area (Å²) in [7, 11) is -1.95. The van der Waals surface area contributed by atoms with Crippen LogP contribution in [0.25, 0.3) is 0 Å². The van der Waals surface area contributed by atoms with E-state index in [-0.39, 0.29) is 5.41 Å². The maximum Gasteiger partial charge on any atom is 0.308 e. The second kappa shape index (κ2) is 6.22. The molecular weight excluding hydrogens is 326 g/mol. The first-order valence-corrected chi connectivity index (χ1v) is 9.42. The Morgan fingerprint density at radius 2 is 2.12 bits per heavy atom. The van der Waals surface area contributed by atoms with Gasteiger partial charge in [0.25, 0.3) is 0 Å². The number of hydrogen-bond donors (Lipinski definition) is 0. The van der Waals surface area contributed by atoms with Crippen LogP contribution in [-0.4, -0.2) is 41.9 Å². The van der Waals surface area contributed by atoms with E-state index in [9.17, 15) is 8.42 Å². The normalized spacial score (nSPS) is 22.5.